The number of rotatable bonds is 7. The Morgan fingerprint density at radius 2 is 2.13 bits per heavy atom. The molecule has 15 heavy (non-hydrogen) atoms. The van der Waals surface area contributed by atoms with Gasteiger partial charge in [0.25, 0.3) is 0 Å². The van der Waals surface area contributed by atoms with Crippen LogP contribution in [0.2, 0.25) is 0 Å². The molecule has 1 nitrogen and oxygen atoms in total. The third-order valence-electron chi connectivity index (χ3n) is 2.32. The van der Waals surface area contributed by atoms with Crippen molar-refractivity contribution in [3.8, 4) is 5.75 Å². The van der Waals surface area contributed by atoms with Gasteiger partial charge in [-0.2, -0.15) is 11.8 Å². The van der Waals surface area contributed by atoms with Crippen molar-refractivity contribution >= 4 is 11.8 Å². The van der Waals surface area contributed by atoms with E-state index in [0.717, 1.165) is 25.2 Å². The van der Waals surface area contributed by atoms with Crippen molar-refractivity contribution in [3.63, 3.8) is 0 Å². The molecule has 1 rings (SSSR count). The fourth-order valence-electron chi connectivity index (χ4n) is 1.39. The number of aryl methyl sites for hydroxylation is 1. The van der Waals surface area contributed by atoms with E-state index < -0.39 is 0 Å². The smallest absolute Gasteiger partial charge is 0.119 e. The number of thioether (sulfide) groups is 1. The van der Waals surface area contributed by atoms with Crippen LogP contribution in [0.1, 0.15) is 25.3 Å². The minimum atomic E-state index is 0.841. The number of ether oxygens (including phenoxy) is 1. The molecule has 1 aromatic carbocycles. The van der Waals surface area contributed by atoms with Crippen LogP contribution in [0.15, 0.2) is 24.3 Å². The van der Waals surface area contributed by atoms with Gasteiger partial charge in [0.1, 0.15) is 5.75 Å². The van der Waals surface area contributed by atoms with E-state index >= 15 is 0 Å². The monoisotopic (exact) mass is 224 g/mol. The second-order valence-corrected chi connectivity index (χ2v) is 4.53. The number of unbranched alkanes of at least 4 members (excludes halogenated alkanes) is 1. The van der Waals surface area contributed by atoms with Gasteiger partial charge >= 0.3 is 0 Å². The van der Waals surface area contributed by atoms with Crippen molar-refractivity contribution in [1.82, 2.24) is 0 Å². The Kier molecular flexibility index (Phi) is 6.33. The highest BCUT2D eigenvalue weighted by molar-refractivity contribution is 7.98. The molecule has 0 fully saturated rings. The molecule has 0 saturated heterocycles. The van der Waals surface area contributed by atoms with Crippen molar-refractivity contribution in [2.45, 2.75) is 26.2 Å². The van der Waals surface area contributed by atoms with Gasteiger partial charge in [0.05, 0.1) is 6.61 Å². The van der Waals surface area contributed by atoms with E-state index in [1.165, 1.54) is 17.7 Å². The summed E-state index contributed by atoms with van der Waals surface area (Å²) in [7, 11) is 0. The molecule has 84 valence electrons. The highest BCUT2D eigenvalue weighted by Crippen LogP contribution is 2.14. The van der Waals surface area contributed by atoms with Gasteiger partial charge in [-0.05, 0) is 49.0 Å². The normalized spacial score (nSPS) is 10.3. The highest BCUT2D eigenvalue weighted by Gasteiger charge is 1.95. The maximum absolute atomic E-state index is 5.69. The maximum atomic E-state index is 5.69. The average molecular weight is 224 g/mol. The van der Waals surface area contributed by atoms with Gasteiger partial charge < -0.3 is 4.74 Å². The summed E-state index contributed by atoms with van der Waals surface area (Å²) in [6.45, 7) is 3.01. The highest BCUT2D eigenvalue weighted by atomic mass is 32.2. The van der Waals surface area contributed by atoms with Crippen LogP contribution in [0.5, 0.6) is 5.75 Å². The largest absolute Gasteiger partial charge is 0.494 e. The van der Waals surface area contributed by atoms with E-state index in [9.17, 15) is 0 Å². The number of benzene rings is 1. The second-order valence-electron chi connectivity index (χ2n) is 3.55. The fraction of sp³-hybridized carbons (Fsp3) is 0.538. The van der Waals surface area contributed by atoms with Gasteiger partial charge in [-0.15, -0.1) is 0 Å². The van der Waals surface area contributed by atoms with Gasteiger partial charge in [-0.25, -0.2) is 0 Å². The Hall–Kier alpha value is -0.630. The van der Waals surface area contributed by atoms with E-state index in [0.29, 0.717) is 0 Å². The lowest BCUT2D eigenvalue weighted by molar-refractivity contribution is 0.309. The summed E-state index contributed by atoms with van der Waals surface area (Å²) >= 11 is 1.90. The Bertz CT molecular complexity index is 273. The molecule has 0 N–H and O–H groups in total. The topological polar surface area (TPSA) is 9.23 Å². The van der Waals surface area contributed by atoms with E-state index in [4.69, 9.17) is 4.74 Å². The summed E-state index contributed by atoms with van der Waals surface area (Å²) in [5, 5.41) is 0. The zero-order chi connectivity index (χ0) is 10.9. The van der Waals surface area contributed by atoms with Gasteiger partial charge in [0.2, 0.25) is 0 Å². The van der Waals surface area contributed by atoms with Crippen molar-refractivity contribution in [2.75, 3.05) is 18.6 Å². The Balaban J connectivity index is 2.24. The molecule has 0 atom stereocenters. The molecule has 0 bridgehead atoms. The Morgan fingerprint density at radius 3 is 2.87 bits per heavy atom. The zero-order valence-corrected chi connectivity index (χ0v) is 10.5. The van der Waals surface area contributed by atoms with Crippen LogP contribution in [0.4, 0.5) is 0 Å². The Labute approximate surface area is 97.2 Å². The van der Waals surface area contributed by atoms with Crippen molar-refractivity contribution in [1.29, 1.82) is 0 Å². The summed E-state index contributed by atoms with van der Waals surface area (Å²) in [4.78, 5) is 0. The summed E-state index contributed by atoms with van der Waals surface area (Å²) in [6, 6.07) is 8.37. The van der Waals surface area contributed by atoms with E-state index in [-0.39, 0.29) is 0 Å². The van der Waals surface area contributed by atoms with Crippen LogP contribution in [0, 0.1) is 0 Å². The summed E-state index contributed by atoms with van der Waals surface area (Å²) in [5.74, 6) is 2.25. The Morgan fingerprint density at radius 1 is 1.27 bits per heavy atom. The van der Waals surface area contributed by atoms with Crippen LogP contribution in [-0.4, -0.2) is 18.6 Å². The van der Waals surface area contributed by atoms with Crippen LogP contribution >= 0.6 is 11.8 Å². The molecule has 1 aromatic rings. The van der Waals surface area contributed by atoms with Crippen LogP contribution < -0.4 is 4.74 Å². The van der Waals surface area contributed by atoms with Crippen LogP contribution in [-0.2, 0) is 6.42 Å². The lowest BCUT2D eigenvalue weighted by atomic mass is 10.2. The minimum absolute atomic E-state index is 0.841. The molecule has 0 saturated carbocycles. The SMILES string of the molecule is CCc1cccc(OCCCCSC)c1. The van der Waals surface area contributed by atoms with Crippen molar-refractivity contribution in [2.24, 2.45) is 0 Å². The lowest BCUT2D eigenvalue weighted by Crippen LogP contribution is -1.98. The summed E-state index contributed by atoms with van der Waals surface area (Å²) in [5.41, 5.74) is 1.34. The first kappa shape index (κ1) is 12.4. The van der Waals surface area contributed by atoms with E-state index in [1.807, 2.05) is 17.8 Å². The molecule has 0 aliphatic heterocycles. The molecular formula is C13H20OS. The van der Waals surface area contributed by atoms with E-state index in [1.54, 1.807) is 0 Å². The molecule has 0 unspecified atom stereocenters. The lowest BCUT2D eigenvalue weighted by Gasteiger charge is -2.06. The predicted octanol–water partition coefficient (Wildman–Crippen LogP) is 3.77. The van der Waals surface area contributed by atoms with Gasteiger partial charge in [-0.3, -0.25) is 0 Å². The van der Waals surface area contributed by atoms with E-state index in [2.05, 4.69) is 31.4 Å². The van der Waals surface area contributed by atoms with Crippen LogP contribution in [0.25, 0.3) is 0 Å². The molecule has 0 aromatic heterocycles. The van der Waals surface area contributed by atoms with Crippen molar-refractivity contribution < 1.29 is 4.74 Å². The quantitative estimate of drug-likeness (QED) is 0.652. The molecule has 0 spiro atoms. The molecule has 0 aliphatic rings. The maximum Gasteiger partial charge on any atom is 0.119 e. The first-order valence-electron chi connectivity index (χ1n) is 5.57. The fourth-order valence-corrected chi connectivity index (χ4v) is 1.89. The van der Waals surface area contributed by atoms with Gasteiger partial charge in [-0.1, -0.05) is 19.1 Å². The van der Waals surface area contributed by atoms with Gasteiger partial charge in [0, 0.05) is 0 Å². The zero-order valence-electron chi connectivity index (χ0n) is 9.66. The molecule has 0 amide bonds. The molecule has 2 heteroatoms. The standard InChI is InChI=1S/C13H20OS/c1-3-12-7-6-8-13(11-12)14-9-4-5-10-15-2/h6-8,11H,3-5,9-10H2,1-2H3. The number of hydrogen-bond acceptors (Lipinski definition) is 2. The first-order chi connectivity index (χ1) is 7.36. The molecular weight excluding hydrogens is 204 g/mol. The van der Waals surface area contributed by atoms with Crippen LogP contribution in [0.3, 0.4) is 0 Å². The first-order valence-corrected chi connectivity index (χ1v) is 6.97. The third kappa shape index (κ3) is 5.12. The summed E-state index contributed by atoms with van der Waals surface area (Å²) < 4.78 is 5.69. The molecule has 0 radical (unpaired) electrons. The number of hydrogen-bond donors (Lipinski definition) is 0. The third-order valence-corrected chi connectivity index (χ3v) is 3.02. The predicted molar refractivity (Wildman–Crippen MR) is 68.9 cm³/mol. The average Bonchev–Trinajstić information content (AvgIpc) is 2.29. The minimum Gasteiger partial charge on any atom is -0.494 e. The van der Waals surface area contributed by atoms with Crippen molar-refractivity contribution in [3.05, 3.63) is 29.8 Å². The summed E-state index contributed by atoms with van der Waals surface area (Å²) in [6.07, 6.45) is 5.61. The second kappa shape index (κ2) is 7.63. The molecule has 0 heterocycles. The molecule has 0 aliphatic carbocycles. The van der Waals surface area contributed by atoms with Gasteiger partial charge in [0.15, 0.2) is 0 Å².